The second kappa shape index (κ2) is 9.61. The van der Waals surface area contributed by atoms with Gasteiger partial charge in [0, 0.05) is 12.2 Å². The first kappa shape index (κ1) is 15.4. The van der Waals surface area contributed by atoms with Crippen molar-refractivity contribution in [1.82, 2.24) is 4.98 Å². The number of unbranched alkanes of at least 4 members (excludes halogenated alkanes) is 4. The Morgan fingerprint density at radius 1 is 1.19 bits per heavy atom. The van der Waals surface area contributed by atoms with Gasteiger partial charge in [-0.3, -0.25) is 4.98 Å². The molecule has 0 saturated carbocycles. The van der Waals surface area contributed by atoms with Crippen molar-refractivity contribution in [2.75, 3.05) is 0 Å². The molecule has 0 fully saturated rings. The van der Waals surface area contributed by atoms with Gasteiger partial charge in [-0.05, 0) is 18.6 Å². The van der Waals surface area contributed by atoms with E-state index in [0.717, 1.165) is 12.1 Å². The SMILES string of the molecule is CCCCCCCC(N)c1ccccn1.Cl. The molecule has 16 heavy (non-hydrogen) atoms. The molecule has 0 aliphatic carbocycles. The molecule has 1 aromatic heterocycles. The molecular formula is C13H23ClN2. The third-order valence-corrected chi connectivity index (χ3v) is 2.69. The van der Waals surface area contributed by atoms with Gasteiger partial charge in [-0.2, -0.15) is 0 Å². The highest BCUT2D eigenvalue weighted by molar-refractivity contribution is 5.85. The Hall–Kier alpha value is -0.600. The Kier molecular flexibility index (Phi) is 9.25. The molecule has 1 unspecified atom stereocenters. The van der Waals surface area contributed by atoms with Gasteiger partial charge >= 0.3 is 0 Å². The minimum absolute atomic E-state index is 0. The highest BCUT2D eigenvalue weighted by atomic mass is 35.5. The van der Waals surface area contributed by atoms with E-state index in [9.17, 15) is 0 Å². The molecule has 0 bridgehead atoms. The van der Waals surface area contributed by atoms with Gasteiger partial charge in [0.05, 0.1) is 5.69 Å². The predicted molar refractivity (Wildman–Crippen MR) is 71.8 cm³/mol. The van der Waals surface area contributed by atoms with E-state index in [1.54, 1.807) is 0 Å². The van der Waals surface area contributed by atoms with Crippen LogP contribution in [-0.4, -0.2) is 4.98 Å². The maximum Gasteiger partial charge on any atom is 0.0570 e. The quantitative estimate of drug-likeness (QED) is 0.738. The van der Waals surface area contributed by atoms with Gasteiger partial charge in [0.25, 0.3) is 0 Å². The largest absolute Gasteiger partial charge is 0.323 e. The zero-order chi connectivity index (χ0) is 10.9. The smallest absolute Gasteiger partial charge is 0.0570 e. The third kappa shape index (κ3) is 6.09. The number of halogens is 1. The number of hydrogen-bond acceptors (Lipinski definition) is 2. The molecule has 0 aliphatic rings. The maximum absolute atomic E-state index is 6.05. The van der Waals surface area contributed by atoms with Crippen LogP contribution in [0.1, 0.15) is 57.2 Å². The highest BCUT2D eigenvalue weighted by Gasteiger charge is 2.05. The first-order chi connectivity index (χ1) is 7.34. The van der Waals surface area contributed by atoms with Gasteiger partial charge in [-0.1, -0.05) is 45.1 Å². The lowest BCUT2D eigenvalue weighted by Gasteiger charge is -2.10. The normalized spacial score (nSPS) is 11.9. The van der Waals surface area contributed by atoms with Gasteiger partial charge in [-0.15, -0.1) is 12.4 Å². The fourth-order valence-electron chi connectivity index (χ4n) is 1.71. The molecule has 0 aliphatic heterocycles. The summed E-state index contributed by atoms with van der Waals surface area (Å²) in [5, 5.41) is 0. The Morgan fingerprint density at radius 2 is 1.94 bits per heavy atom. The Labute approximate surface area is 105 Å². The number of aromatic nitrogens is 1. The van der Waals surface area contributed by atoms with E-state index in [0.29, 0.717) is 0 Å². The average Bonchev–Trinajstić information content (AvgIpc) is 2.30. The predicted octanol–water partition coefficient (Wildman–Crippen LogP) is 3.86. The number of rotatable bonds is 7. The molecule has 1 rings (SSSR count). The van der Waals surface area contributed by atoms with Gasteiger partial charge < -0.3 is 5.73 Å². The Bertz CT molecular complexity index is 251. The molecule has 92 valence electrons. The van der Waals surface area contributed by atoms with Crippen LogP contribution in [0.3, 0.4) is 0 Å². The van der Waals surface area contributed by atoms with Crippen LogP contribution in [0.4, 0.5) is 0 Å². The van der Waals surface area contributed by atoms with Gasteiger partial charge in [0.1, 0.15) is 0 Å². The lowest BCUT2D eigenvalue weighted by atomic mass is 10.0. The van der Waals surface area contributed by atoms with Crippen molar-refractivity contribution in [2.24, 2.45) is 5.73 Å². The third-order valence-electron chi connectivity index (χ3n) is 2.69. The molecule has 0 radical (unpaired) electrons. The van der Waals surface area contributed by atoms with Crippen molar-refractivity contribution < 1.29 is 0 Å². The van der Waals surface area contributed by atoms with E-state index in [4.69, 9.17) is 5.73 Å². The fraction of sp³-hybridized carbons (Fsp3) is 0.615. The zero-order valence-electron chi connectivity index (χ0n) is 10.1. The minimum Gasteiger partial charge on any atom is -0.323 e. The second-order valence-electron chi connectivity index (χ2n) is 4.06. The van der Waals surface area contributed by atoms with Crippen LogP contribution in [0, 0.1) is 0 Å². The highest BCUT2D eigenvalue weighted by Crippen LogP contribution is 2.15. The molecule has 1 atom stereocenters. The van der Waals surface area contributed by atoms with Crippen molar-refractivity contribution in [3.8, 4) is 0 Å². The summed E-state index contributed by atoms with van der Waals surface area (Å²) in [6.45, 7) is 2.24. The van der Waals surface area contributed by atoms with Crippen molar-refractivity contribution in [1.29, 1.82) is 0 Å². The van der Waals surface area contributed by atoms with Crippen LogP contribution in [0.15, 0.2) is 24.4 Å². The topological polar surface area (TPSA) is 38.9 Å². The van der Waals surface area contributed by atoms with E-state index in [2.05, 4.69) is 11.9 Å². The van der Waals surface area contributed by atoms with Crippen molar-refractivity contribution in [3.05, 3.63) is 30.1 Å². The Morgan fingerprint density at radius 3 is 2.56 bits per heavy atom. The molecule has 0 spiro atoms. The molecule has 0 amide bonds. The summed E-state index contributed by atoms with van der Waals surface area (Å²) in [5.74, 6) is 0. The van der Waals surface area contributed by atoms with Crippen LogP contribution in [0.2, 0.25) is 0 Å². The molecule has 2 N–H and O–H groups in total. The summed E-state index contributed by atoms with van der Waals surface area (Å²) in [6.07, 6.45) is 9.37. The first-order valence-corrected chi connectivity index (χ1v) is 6.01. The number of nitrogens with two attached hydrogens (primary N) is 1. The lowest BCUT2D eigenvalue weighted by Crippen LogP contribution is -2.11. The van der Waals surface area contributed by atoms with Crippen LogP contribution >= 0.6 is 12.4 Å². The van der Waals surface area contributed by atoms with Crippen LogP contribution in [-0.2, 0) is 0 Å². The first-order valence-electron chi connectivity index (χ1n) is 6.01. The number of hydrogen-bond donors (Lipinski definition) is 1. The summed E-state index contributed by atoms with van der Waals surface area (Å²) >= 11 is 0. The van der Waals surface area contributed by atoms with E-state index in [-0.39, 0.29) is 18.4 Å². The van der Waals surface area contributed by atoms with Crippen LogP contribution in [0.5, 0.6) is 0 Å². The van der Waals surface area contributed by atoms with E-state index in [1.807, 2.05) is 24.4 Å². The summed E-state index contributed by atoms with van der Waals surface area (Å²) in [4.78, 5) is 4.27. The molecular weight excluding hydrogens is 220 g/mol. The lowest BCUT2D eigenvalue weighted by molar-refractivity contribution is 0.548. The van der Waals surface area contributed by atoms with E-state index < -0.39 is 0 Å². The Balaban J connectivity index is 0.00000225. The molecule has 0 aromatic carbocycles. The average molecular weight is 243 g/mol. The van der Waals surface area contributed by atoms with Crippen LogP contribution < -0.4 is 5.73 Å². The number of nitrogens with zero attached hydrogens (tertiary/aromatic N) is 1. The van der Waals surface area contributed by atoms with Crippen molar-refractivity contribution in [3.63, 3.8) is 0 Å². The van der Waals surface area contributed by atoms with Gasteiger partial charge in [-0.25, -0.2) is 0 Å². The van der Waals surface area contributed by atoms with Gasteiger partial charge in [0.2, 0.25) is 0 Å². The summed E-state index contributed by atoms with van der Waals surface area (Å²) < 4.78 is 0. The second-order valence-corrected chi connectivity index (χ2v) is 4.06. The monoisotopic (exact) mass is 242 g/mol. The summed E-state index contributed by atoms with van der Waals surface area (Å²) in [5.41, 5.74) is 7.07. The van der Waals surface area contributed by atoms with Crippen molar-refractivity contribution >= 4 is 12.4 Å². The van der Waals surface area contributed by atoms with Crippen molar-refractivity contribution in [2.45, 2.75) is 51.5 Å². The molecule has 1 heterocycles. The van der Waals surface area contributed by atoms with Gasteiger partial charge in [0.15, 0.2) is 0 Å². The molecule has 1 aromatic rings. The zero-order valence-corrected chi connectivity index (χ0v) is 10.9. The molecule has 3 heteroatoms. The summed E-state index contributed by atoms with van der Waals surface area (Å²) in [6, 6.07) is 6.06. The standard InChI is InChI=1S/C13H22N2.ClH/c1-2-3-4-5-6-9-12(14)13-10-7-8-11-15-13;/h7-8,10-12H,2-6,9,14H2,1H3;1H. The van der Waals surface area contributed by atoms with Crippen LogP contribution in [0.25, 0.3) is 0 Å². The minimum atomic E-state index is 0. The maximum atomic E-state index is 6.05. The number of pyridine rings is 1. The van der Waals surface area contributed by atoms with E-state index in [1.165, 1.54) is 32.1 Å². The fourth-order valence-corrected chi connectivity index (χ4v) is 1.71. The van der Waals surface area contributed by atoms with E-state index >= 15 is 0 Å². The summed E-state index contributed by atoms with van der Waals surface area (Å²) in [7, 11) is 0. The molecule has 0 saturated heterocycles. The molecule has 2 nitrogen and oxygen atoms in total.